The zero-order chi connectivity index (χ0) is 15.1. The number of nitriles is 1. The van der Waals surface area contributed by atoms with Gasteiger partial charge in [-0.3, -0.25) is 4.79 Å². The molecular weight excluding hydrogens is 268 g/mol. The Morgan fingerprint density at radius 2 is 1.90 bits per heavy atom. The van der Waals surface area contributed by atoms with Gasteiger partial charge in [0.1, 0.15) is 18.0 Å². The Morgan fingerprint density at radius 1 is 1.29 bits per heavy atom. The van der Waals surface area contributed by atoms with Crippen LogP contribution in [0.2, 0.25) is 0 Å². The summed E-state index contributed by atoms with van der Waals surface area (Å²) in [5.41, 5.74) is 0. The van der Waals surface area contributed by atoms with Gasteiger partial charge in [0.05, 0.1) is 25.7 Å². The molecule has 112 valence electrons. The lowest BCUT2D eigenvalue weighted by Gasteiger charge is -2.18. The monoisotopic (exact) mass is 288 g/mol. The van der Waals surface area contributed by atoms with E-state index in [1.165, 1.54) is 0 Å². The van der Waals surface area contributed by atoms with Crippen LogP contribution in [0.15, 0.2) is 24.3 Å². The van der Waals surface area contributed by atoms with Crippen molar-refractivity contribution in [2.75, 3.05) is 19.8 Å². The lowest BCUT2D eigenvalue weighted by molar-refractivity contribution is -0.131. The number of nitrogens with zero attached hydrogens (tertiary/aromatic N) is 2. The lowest BCUT2D eigenvalue weighted by Crippen LogP contribution is -2.34. The van der Waals surface area contributed by atoms with Gasteiger partial charge in [-0.15, -0.1) is 0 Å². The summed E-state index contributed by atoms with van der Waals surface area (Å²) in [6.07, 6.45) is 2.31. The average Bonchev–Trinajstić information content (AvgIpc) is 3.31. The molecule has 1 aliphatic rings. The molecule has 0 radical (unpaired) electrons. The van der Waals surface area contributed by atoms with Crippen LogP contribution in [-0.2, 0) is 4.79 Å². The summed E-state index contributed by atoms with van der Waals surface area (Å²) in [6, 6.07) is 9.64. The number of hydrogen-bond donors (Lipinski definition) is 0. The van der Waals surface area contributed by atoms with Crippen LogP contribution in [0.4, 0.5) is 0 Å². The molecule has 0 bridgehead atoms. The minimum Gasteiger partial charge on any atom is -0.494 e. The largest absolute Gasteiger partial charge is 0.494 e. The van der Waals surface area contributed by atoms with Gasteiger partial charge in [0.15, 0.2) is 0 Å². The molecule has 1 aromatic carbocycles. The van der Waals surface area contributed by atoms with Crippen LogP contribution in [0.1, 0.15) is 26.2 Å². The van der Waals surface area contributed by atoms with Crippen molar-refractivity contribution in [1.82, 2.24) is 4.90 Å². The molecular formula is C16H20N2O3. The number of ether oxygens (including phenoxy) is 2. The molecule has 0 aromatic heterocycles. The van der Waals surface area contributed by atoms with Crippen LogP contribution in [0.3, 0.4) is 0 Å². The average molecular weight is 288 g/mol. The topological polar surface area (TPSA) is 62.6 Å². The predicted molar refractivity (Wildman–Crippen MR) is 78.1 cm³/mol. The third kappa shape index (κ3) is 4.67. The van der Waals surface area contributed by atoms with Crippen molar-refractivity contribution in [3.05, 3.63) is 24.3 Å². The Balaban J connectivity index is 1.75. The number of hydrogen-bond acceptors (Lipinski definition) is 4. The van der Waals surface area contributed by atoms with Crippen LogP contribution in [0.5, 0.6) is 11.5 Å². The number of amides is 1. The first-order chi connectivity index (χ1) is 10.2. The van der Waals surface area contributed by atoms with E-state index in [0.29, 0.717) is 25.4 Å². The molecule has 1 amide bonds. The van der Waals surface area contributed by atoms with Gasteiger partial charge in [-0.25, -0.2) is 0 Å². The molecule has 0 spiro atoms. The molecule has 0 unspecified atom stereocenters. The lowest BCUT2D eigenvalue weighted by atomic mass is 10.3. The van der Waals surface area contributed by atoms with Crippen molar-refractivity contribution in [3.63, 3.8) is 0 Å². The van der Waals surface area contributed by atoms with Crippen LogP contribution in [0, 0.1) is 11.3 Å². The fourth-order valence-electron chi connectivity index (χ4n) is 2.08. The van der Waals surface area contributed by atoms with E-state index in [2.05, 4.69) is 0 Å². The van der Waals surface area contributed by atoms with Gasteiger partial charge < -0.3 is 14.4 Å². The molecule has 5 heteroatoms. The van der Waals surface area contributed by atoms with Crippen molar-refractivity contribution in [1.29, 1.82) is 5.26 Å². The summed E-state index contributed by atoms with van der Waals surface area (Å²) in [4.78, 5) is 13.7. The highest BCUT2D eigenvalue weighted by Crippen LogP contribution is 2.27. The predicted octanol–water partition coefficient (Wildman–Crippen LogP) is 2.37. The smallest absolute Gasteiger partial charge is 0.227 e. The molecule has 0 aliphatic heterocycles. The maximum Gasteiger partial charge on any atom is 0.227 e. The van der Waals surface area contributed by atoms with E-state index in [4.69, 9.17) is 14.7 Å². The first kappa shape index (κ1) is 15.2. The van der Waals surface area contributed by atoms with Crippen molar-refractivity contribution < 1.29 is 14.3 Å². The van der Waals surface area contributed by atoms with Gasteiger partial charge in [-0.2, -0.15) is 5.26 Å². The summed E-state index contributed by atoms with van der Waals surface area (Å²) in [5, 5.41) is 8.75. The summed E-state index contributed by atoms with van der Waals surface area (Å²) in [5.74, 6) is 1.50. The van der Waals surface area contributed by atoms with Crippen molar-refractivity contribution in [3.8, 4) is 17.6 Å². The molecule has 0 heterocycles. The van der Waals surface area contributed by atoms with E-state index >= 15 is 0 Å². The minimum absolute atomic E-state index is 0.00927. The zero-order valence-corrected chi connectivity index (χ0v) is 12.2. The Labute approximate surface area is 125 Å². The van der Waals surface area contributed by atoms with Crippen molar-refractivity contribution >= 4 is 5.91 Å². The first-order valence-electron chi connectivity index (χ1n) is 7.26. The third-order valence-corrected chi connectivity index (χ3v) is 3.27. The van der Waals surface area contributed by atoms with Crippen LogP contribution in [-0.4, -0.2) is 36.6 Å². The van der Waals surface area contributed by atoms with Crippen LogP contribution < -0.4 is 9.47 Å². The molecule has 0 N–H and O–H groups in total. The molecule has 5 nitrogen and oxygen atoms in total. The van der Waals surface area contributed by atoms with Crippen LogP contribution >= 0.6 is 0 Å². The van der Waals surface area contributed by atoms with E-state index < -0.39 is 0 Å². The molecule has 1 aliphatic carbocycles. The fourth-order valence-corrected chi connectivity index (χ4v) is 2.08. The maximum absolute atomic E-state index is 12.0. The van der Waals surface area contributed by atoms with Crippen molar-refractivity contribution in [2.45, 2.75) is 32.2 Å². The quantitative estimate of drug-likeness (QED) is 0.689. The maximum atomic E-state index is 12.0. The highest BCUT2D eigenvalue weighted by atomic mass is 16.5. The van der Waals surface area contributed by atoms with E-state index in [9.17, 15) is 4.79 Å². The first-order valence-corrected chi connectivity index (χ1v) is 7.26. The van der Waals surface area contributed by atoms with Gasteiger partial charge in [0.25, 0.3) is 0 Å². The van der Waals surface area contributed by atoms with Gasteiger partial charge >= 0.3 is 0 Å². The Bertz CT molecular complexity index is 503. The Kier molecular flexibility index (Phi) is 5.44. The van der Waals surface area contributed by atoms with Crippen LogP contribution in [0.25, 0.3) is 0 Å². The van der Waals surface area contributed by atoms with E-state index in [-0.39, 0.29) is 18.5 Å². The van der Waals surface area contributed by atoms with E-state index in [1.54, 1.807) is 4.90 Å². The second-order valence-corrected chi connectivity index (χ2v) is 4.91. The standard InChI is InChI=1S/C16H20N2O3/c1-2-20-14-5-7-15(8-6-14)21-12-9-16(19)18(11-10-17)13-3-4-13/h5-8,13H,2-4,9,11-12H2,1H3. The summed E-state index contributed by atoms with van der Waals surface area (Å²) in [7, 11) is 0. The van der Waals surface area contributed by atoms with E-state index in [1.807, 2.05) is 37.3 Å². The summed E-state index contributed by atoms with van der Waals surface area (Å²) >= 11 is 0. The second kappa shape index (κ2) is 7.53. The van der Waals surface area contributed by atoms with Crippen molar-refractivity contribution in [2.24, 2.45) is 0 Å². The fraction of sp³-hybridized carbons (Fsp3) is 0.500. The molecule has 2 rings (SSSR count). The SMILES string of the molecule is CCOc1ccc(OCCC(=O)N(CC#N)C2CC2)cc1. The van der Waals surface area contributed by atoms with Gasteiger partial charge in [0.2, 0.25) is 5.91 Å². The van der Waals surface area contributed by atoms with Gasteiger partial charge in [-0.1, -0.05) is 0 Å². The number of benzene rings is 1. The minimum atomic E-state index is -0.00927. The number of carbonyl (C=O) groups excluding carboxylic acids is 1. The molecule has 0 atom stereocenters. The van der Waals surface area contributed by atoms with Gasteiger partial charge in [-0.05, 0) is 44.0 Å². The highest BCUT2D eigenvalue weighted by molar-refractivity contribution is 5.77. The highest BCUT2D eigenvalue weighted by Gasteiger charge is 2.31. The summed E-state index contributed by atoms with van der Waals surface area (Å²) in [6.45, 7) is 3.06. The molecule has 1 saturated carbocycles. The Hall–Kier alpha value is -2.22. The second-order valence-electron chi connectivity index (χ2n) is 4.91. The normalized spacial score (nSPS) is 13.3. The molecule has 1 aromatic rings. The van der Waals surface area contributed by atoms with Gasteiger partial charge in [0, 0.05) is 6.04 Å². The third-order valence-electron chi connectivity index (χ3n) is 3.27. The number of carbonyl (C=O) groups is 1. The Morgan fingerprint density at radius 3 is 2.43 bits per heavy atom. The molecule has 1 fully saturated rings. The molecule has 0 saturated heterocycles. The number of rotatable bonds is 8. The van der Waals surface area contributed by atoms with E-state index in [0.717, 1.165) is 18.6 Å². The molecule has 21 heavy (non-hydrogen) atoms. The zero-order valence-electron chi connectivity index (χ0n) is 12.2. The summed E-state index contributed by atoms with van der Waals surface area (Å²) < 4.78 is 10.9.